The van der Waals surface area contributed by atoms with Crippen LogP contribution in [-0.2, 0) is 4.74 Å². The smallest absolute Gasteiger partial charge is 0.351 e. The van der Waals surface area contributed by atoms with Gasteiger partial charge in [-0.05, 0) is 13.3 Å². The van der Waals surface area contributed by atoms with E-state index in [1.807, 2.05) is 6.92 Å². The Morgan fingerprint density at radius 3 is 3.00 bits per heavy atom. The first-order valence-corrected chi connectivity index (χ1v) is 7.31. The summed E-state index contributed by atoms with van der Waals surface area (Å²) in [5.41, 5.74) is 5.75. The van der Waals surface area contributed by atoms with Gasteiger partial charge in [-0.1, -0.05) is 19.8 Å². The lowest BCUT2D eigenvalue weighted by Gasteiger charge is -2.21. The quantitative estimate of drug-likeness (QED) is 0.722. The van der Waals surface area contributed by atoms with Crippen LogP contribution in [0, 0.1) is 6.92 Å². The van der Waals surface area contributed by atoms with Crippen molar-refractivity contribution in [3.8, 4) is 0 Å². The molecular weight excluding hydrogens is 274 g/mol. The number of hydrogen-bond donors (Lipinski definition) is 3. The molecule has 0 bridgehead atoms. The fraction of sp³-hybridized carbons (Fsp3) is 0.714. The van der Waals surface area contributed by atoms with Gasteiger partial charge in [0.25, 0.3) is 0 Å². The first-order chi connectivity index (χ1) is 9.93. The van der Waals surface area contributed by atoms with E-state index >= 15 is 0 Å². The molecule has 0 aromatic carbocycles. The number of aliphatic hydroxyl groups is 2. The van der Waals surface area contributed by atoms with Gasteiger partial charge in [0, 0.05) is 18.2 Å². The molecule has 7 nitrogen and oxygen atoms in total. The van der Waals surface area contributed by atoms with Crippen molar-refractivity contribution in [2.24, 2.45) is 0 Å². The molecule has 7 heteroatoms. The molecule has 0 amide bonds. The molecule has 0 aliphatic carbocycles. The van der Waals surface area contributed by atoms with Crippen LogP contribution >= 0.6 is 0 Å². The lowest BCUT2D eigenvalue weighted by molar-refractivity contribution is -0.0856. The zero-order valence-electron chi connectivity index (χ0n) is 12.4. The molecule has 118 valence electrons. The predicted octanol–water partition coefficient (Wildman–Crippen LogP) is 0.333. The summed E-state index contributed by atoms with van der Waals surface area (Å²) in [6, 6.07) is 0. The van der Waals surface area contributed by atoms with E-state index < -0.39 is 30.2 Å². The predicted molar refractivity (Wildman–Crippen MR) is 77.7 cm³/mol. The molecule has 1 aromatic heterocycles. The average Bonchev–Trinajstić information content (AvgIpc) is 2.82. The molecular formula is C14H23N3O4. The number of aliphatic hydroxyl groups excluding tert-OH is 2. The third-order valence-corrected chi connectivity index (χ3v) is 3.85. The molecule has 0 spiro atoms. The maximum Gasteiger partial charge on any atom is 0.351 e. The highest BCUT2D eigenvalue weighted by Gasteiger charge is 2.39. The molecule has 0 unspecified atom stereocenters. The van der Waals surface area contributed by atoms with E-state index in [1.165, 1.54) is 4.57 Å². The summed E-state index contributed by atoms with van der Waals surface area (Å²) < 4.78 is 7.00. The van der Waals surface area contributed by atoms with Crippen molar-refractivity contribution in [2.45, 2.75) is 64.1 Å². The van der Waals surface area contributed by atoms with Gasteiger partial charge in [0.2, 0.25) is 0 Å². The van der Waals surface area contributed by atoms with Crippen LogP contribution in [-0.4, -0.2) is 38.1 Å². The largest absolute Gasteiger partial charge is 0.390 e. The van der Waals surface area contributed by atoms with Crippen molar-refractivity contribution in [1.29, 1.82) is 0 Å². The maximum absolute atomic E-state index is 11.9. The van der Waals surface area contributed by atoms with Crippen molar-refractivity contribution in [2.75, 3.05) is 5.73 Å². The minimum absolute atomic E-state index is 0.189. The number of aromatic nitrogens is 2. The van der Waals surface area contributed by atoms with Gasteiger partial charge >= 0.3 is 5.69 Å². The second kappa shape index (κ2) is 6.55. The Kier molecular flexibility index (Phi) is 4.97. The topological polar surface area (TPSA) is 111 Å². The van der Waals surface area contributed by atoms with Crippen LogP contribution in [0.25, 0.3) is 0 Å². The summed E-state index contributed by atoms with van der Waals surface area (Å²) in [5, 5.41) is 20.1. The van der Waals surface area contributed by atoms with Crippen LogP contribution in [0.4, 0.5) is 5.82 Å². The molecule has 2 rings (SSSR count). The Labute approximate surface area is 123 Å². The molecule has 1 aliphatic rings. The molecule has 1 aromatic rings. The summed E-state index contributed by atoms with van der Waals surface area (Å²) in [6.07, 6.45) is 1.38. The number of rotatable bonds is 5. The Balaban J connectivity index is 2.14. The summed E-state index contributed by atoms with van der Waals surface area (Å²) >= 11 is 0. The van der Waals surface area contributed by atoms with Crippen molar-refractivity contribution in [1.82, 2.24) is 9.55 Å². The summed E-state index contributed by atoms with van der Waals surface area (Å²) in [7, 11) is 0. The summed E-state index contributed by atoms with van der Waals surface area (Å²) in [6.45, 7) is 3.78. The van der Waals surface area contributed by atoms with E-state index in [1.54, 1.807) is 13.1 Å². The van der Waals surface area contributed by atoms with Crippen LogP contribution < -0.4 is 11.4 Å². The number of hydrogen-bond acceptors (Lipinski definition) is 6. The van der Waals surface area contributed by atoms with Crippen molar-refractivity contribution in [3.63, 3.8) is 0 Å². The van der Waals surface area contributed by atoms with Gasteiger partial charge in [0.15, 0.2) is 0 Å². The molecule has 0 radical (unpaired) electrons. The molecule has 0 saturated carbocycles. The van der Waals surface area contributed by atoms with Crippen LogP contribution in [0.15, 0.2) is 11.0 Å². The molecule has 1 fully saturated rings. The third kappa shape index (κ3) is 3.42. The second-order valence-corrected chi connectivity index (χ2v) is 5.57. The Hall–Kier alpha value is -1.44. The Bertz CT molecular complexity index is 546. The zero-order valence-corrected chi connectivity index (χ0v) is 12.4. The van der Waals surface area contributed by atoms with E-state index in [0.29, 0.717) is 12.0 Å². The summed E-state index contributed by atoms with van der Waals surface area (Å²) in [5.74, 6) is 0.189. The number of nitrogens with zero attached hydrogens (tertiary/aromatic N) is 2. The van der Waals surface area contributed by atoms with Gasteiger partial charge in [-0.2, -0.15) is 4.98 Å². The number of nitrogen functional groups attached to an aromatic ring is 1. The number of anilines is 1. The first kappa shape index (κ1) is 15.9. The fourth-order valence-electron chi connectivity index (χ4n) is 2.56. The van der Waals surface area contributed by atoms with E-state index in [0.717, 1.165) is 12.8 Å². The molecule has 4 N–H and O–H groups in total. The van der Waals surface area contributed by atoms with E-state index in [-0.39, 0.29) is 12.2 Å². The third-order valence-electron chi connectivity index (χ3n) is 3.85. The van der Waals surface area contributed by atoms with E-state index in [2.05, 4.69) is 4.98 Å². The Morgan fingerprint density at radius 1 is 1.62 bits per heavy atom. The molecule has 2 heterocycles. The van der Waals surface area contributed by atoms with Crippen molar-refractivity contribution >= 4 is 5.82 Å². The lowest BCUT2D eigenvalue weighted by atomic mass is 10.0. The molecule has 21 heavy (non-hydrogen) atoms. The van der Waals surface area contributed by atoms with Gasteiger partial charge in [0.1, 0.15) is 18.1 Å². The van der Waals surface area contributed by atoms with Gasteiger partial charge in [0.05, 0.1) is 12.2 Å². The highest BCUT2D eigenvalue weighted by Crippen LogP contribution is 2.31. The maximum atomic E-state index is 11.9. The number of ether oxygens (including phenoxy) is 1. The van der Waals surface area contributed by atoms with E-state index in [4.69, 9.17) is 10.5 Å². The SMILES string of the molecule is CCCC[C@H](O)[C@H]1O[C@@H](n2cc(C)c(N)nc2=O)C[C@@H]1O. The monoisotopic (exact) mass is 297 g/mol. The highest BCUT2D eigenvalue weighted by atomic mass is 16.5. The molecule has 1 saturated heterocycles. The van der Waals surface area contributed by atoms with Crippen LogP contribution in [0.5, 0.6) is 0 Å². The van der Waals surface area contributed by atoms with Gasteiger partial charge in [-0.15, -0.1) is 0 Å². The fourth-order valence-corrected chi connectivity index (χ4v) is 2.56. The number of unbranched alkanes of at least 4 members (excludes halogenated alkanes) is 1. The first-order valence-electron chi connectivity index (χ1n) is 7.31. The van der Waals surface area contributed by atoms with Crippen molar-refractivity contribution < 1.29 is 14.9 Å². The zero-order chi connectivity index (χ0) is 15.6. The standard InChI is InChI=1S/C14H23N3O4/c1-3-4-5-9(18)12-10(19)6-11(21-12)17-7-8(2)13(15)16-14(17)20/h7,9-12,18-19H,3-6H2,1-2H3,(H2,15,16,20)/t9-,10-,11+,12+/m0/s1. The normalized spacial score (nSPS) is 27.0. The summed E-state index contributed by atoms with van der Waals surface area (Å²) in [4.78, 5) is 15.6. The van der Waals surface area contributed by atoms with Crippen LogP contribution in [0.1, 0.15) is 44.4 Å². The van der Waals surface area contributed by atoms with E-state index in [9.17, 15) is 15.0 Å². The lowest BCUT2D eigenvalue weighted by Crippen LogP contribution is -2.34. The molecule has 1 aliphatic heterocycles. The van der Waals surface area contributed by atoms with Crippen LogP contribution in [0.3, 0.4) is 0 Å². The van der Waals surface area contributed by atoms with Gasteiger partial charge < -0.3 is 20.7 Å². The van der Waals surface area contributed by atoms with Gasteiger partial charge in [-0.25, -0.2) is 4.79 Å². The van der Waals surface area contributed by atoms with Gasteiger partial charge in [-0.3, -0.25) is 4.57 Å². The van der Waals surface area contributed by atoms with Crippen LogP contribution in [0.2, 0.25) is 0 Å². The second-order valence-electron chi connectivity index (χ2n) is 5.57. The average molecular weight is 297 g/mol. The number of aryl methyl sites for hydroxylation is 1. The Morgan fingerprint density at radius 2 is 2.33 bits per heavy atom. The molecule has 4 atom stereocenters. The highest BCUT2D eigenvalue weighted by molar-refractivity contribution is 5.35. The minimum Gasteiger partial charge on any atom is -0.390 e. The van der Waals surface area contributed by atoms with Crippen molar-refractivity contribution in [3.05, 3.63) is 22.2 Å². The number of nitrogens with two attached hydrogens (primary N) is 1. The minimum atomic E-state index is -0.799.